The number of aryl methyl sites for hydroxylation is 2. The van der Waals surface area contributed by atoms with Gasteiger partial charge in [0.2, 0.25) is 0 Å². The molecule has 0 saturated heterocycles. The van der Waals surface area contributed by atoms with Crippen molar-refractivity contribution in [3.05, 3.63) is 58.1 Å². The van der Waals surface area contributed by atoms with Crippen LogP contribution in [-0.2, 0) is 0 Å². The van der Waals surface area contributed by atoms with E-state index in [1.807, 2.05) is 32.9 Å². The minimum absolute atomic E-state index is 0.180. The van der Waals surface area contributed by atoms with E-state index in [-0.39, 0.29) is 11.9 Å². The molecule has 0 saturated carbocycles. The summed E-state index contributed by atoms with van der Waals surface area (Å²) in [6.07, 6.45) is -0.394. The van der Waals surface area contributed by atoms with Crippen LogP contribution in [0.25, 0.3) is 0 Å². The van der Waals surface area contributed by atoms with Crippen LogP contribution >= 0.6 is 11.6 Å². The molecule has 0 bridgehead atoms. The summed E-state index contributed by atoms with van der Waals surface area (Å²) in [6, 6.07) is 10.2. The van der Waals surface area contributed by atoms with Crippen molar-refractivity contribution in [2.75, 3.05) is 16.3 Å². The molecule has 0 radical (unpaired) electrons. The summed E-state index contributed by atoms with van der Waals surface area (Å²) in [7, 11) is 0. The molecular weight excluding hydrogens is 352 g/mol. The summed E-state index contributed by atoms with van der Waals surface area (Å²) < 4.78 is 0. The van der Waals surface area contributed by atoms with Crippen LogP contribution in [0, 0.1) is 13.8 Å². The number of carbonyl (C=O) groups excluding carboxylic acids is 1. The minimum Gasteiger partial charge on any atom is -0.465 e. The van der Waals surface area contributed by atoms with E-state index in [1.54, 1.807) is 29.2 Å². The number of anilines is 2. The zero-order chi connectivity index (χ0) is 19.0. The van der Waals surface area contributed by atoms with Crippen LogP contribution in [0.15, 0.2) is 36.4 Å². The molecule has 1 heterocycles. The van der Waals surface area contributed by atoms with Crippen molar-refractivity contribution in [1.29, 1.82) is 0 Å². The number of rotatable bonds is 2. The second kappa shape index (κ2) is 7.00. The molecule has 1 aliphatic heterocycles. The average molecular weight is 373 g/mol. The maximum absolute atomic E-state index is 13.2. The van der Waals surface area contributed by atoms with Gasteiger partial charge in [0.15, 0.2) is 0 Å². The van der Waals surface area contributed by atoms with Gasteiger partial charge in [-0.2, -0.15) is 0 Å². The molecular formula is C20H21ClN2O3. The Labute approximate surface area is 157 Å². The van der Waals surface area contributed by atoms with Gasteiger partial charge in [0.25, 0.3) is 5.91 Å². The van der Waals surface area contributed by atoms with E-state index >= 15 is 0 Å². The van der Waals surface area contributed by atoms with Crippen LogP contribution in [0.2, 0.25) is 5.02 Å². The molecule has 1 aliphatic rings. The quantitative estimate of drug-likeness (QED) is 0.817. The summed E-state index contributed by atoms with van der Waals surface area (Å²) >= 11 is 6.04. The molecule has 1 N–H and O–H groups in total. The fourth-order valence-corrected chi connectivity index (χ4v) is 3.51. The summed E-state index contributed by atoms with van der Waals surface area (Å²) in [5.41, 5.74) is 3.65. The van der Waals surface area contributed by atoms with Gasteiger partial charge in [-0.3, -0.25) is 9.69 Å². The molecule has 1 unspecified atom stereocenters. The van der Waals surface area contributed by atoms with Crippen molar-refractivity contribution in [1.82, 2.24) is 0 Å². The lowest BCUT2D eigenvalue weighted by atomic mass is 9.99. The molecule has 5 nitrogen and oxygen atoms in total. The van der Waals surface area contributed by atoms with E-state index in [0.29, 0.717) is 34.9 Å². The first-order valence-corrected chi connectivity index (χ1v) is 8.92. The van der Waals surface area contributed by atoms with Crippen LogP contribution in [-0.4, -0.2) is 29.7 Å². The molecule has 1 atom stereocenters. The zero-order valence-corrected chi connectivity index (χ0v) is 15.7. The fraction of sp³-hybridized carbons (Fsp3) is 0.300. The Hall–Kier alpha value is -2.53. The third-order valence-corrected chi connectivity index (χ3v) is 5.13. The number of hydrogen-bond donors (Lipinski definition) is 1. The number of carbonyl (C=O) groups is 2. The van der Waals surface area contributed by atoms with E-state index in [1.165, 1.54) is 4.90 Å². The predicted molar refractivity (Wildman–Crippen MR) is 104 cm³/mol. The molecule has 2 aromatic rings. The Morgan fingerprint density at radius 1 is 1.15 bits per heavy atom. The van der Waals surface area contributed by atoms with Crippen LogP contribution in [0.1, 0.15) is 34.8 Å². The molecule has 2 amide bonds. The van der Waals surface area contributed by atoms with Gasteiger partial charge in [0.05, 0.1) is 17.4 Å². The number of amides is 2. The van der Waals surface area contributed by atoms with Gasteiger partial charge in [0, 0.05) is 17.1 Å². The number of nitrogens with zero attached hydrogens (tertiary/aromatic N) is 2. The average Bonchev–Trinajstić information content (AvgIpc) is 2.60. The third kappa shape index (κ3) is 3.15. The highest BCUT2D eigenvalue weighted by atomic mass is 35.5. The van der Waals surface area contributed by atoms with Gasteiger partial charge in [0.1, 0.15) is 0 Å². The lowest BCUT2D eigenvalue weighted by Gasteiger charge is -2.41. The maximum atomic E-state index is 13.2. The summed E-state index contributed by atoms with van der Waals surface area (Å²) in [6.45, 7) is 6.13. The van der Waals surface area contributed by atoms with Crippen molar-refractivity contribution < 1.29 is 14.7 Å². The predicted octanol–water partition coefficient (Wildman–Crippen LogP) is 4.88. The minimum atomic E-state index is -1.00. The van der Waals surface area contributed by atoms with E-state index in [9.17, 15) is 14.7 Å². The lowest BCUT2D eigenvalue weighted by Crippen LogP contribution is -2.52. The van der Waals surface area contributed by atoms with Crippen LogP contribution in [0.5, 0.6) is 0 Å². The van der Waals surface area contributed by atoms with Gasteiger partial charge in [-0.25, -0.2) is 4.79 Å². The van der Waals surface area contributed by atoms with E-state index in [0.717, 1.165) is 11.1 Å². The Morgan fingerprint density at radius 2 is 1.81 bits per heavy atom. The van der Waals surface area contributed by atoms with Gasteiger partial charge in [-0.15, -0.1) is 0 Å². The van der Waals surface area contributed by atoms with Crippen molar-refractivity contribution in [2.24, 2.45) is 0 Å². The molecule has 0 spiro atoms. The third-order valence-electron chi connectivity index (χ3n) is 4.89. The van der Waals surface area contributed by atoms with Gasteiger partial charge in [-0.1, -0.05) is 24.6 Å². The second-order valence-electron chi connectivity index (χ2n) is 6.57. The standard InChI is InChI=1S/C20H21ClN2O3/c1-4-16-11-22(19(24)14-6-5-7-15(21)10-14)17-8-12(2)13(3)9-18(17)23(16)20(25)26/h5-10,16H,4,11H2,1-3H3,(H,25,26). The smallest absolute Gasteiger partial charge is 0.412 e. The SMILES string of the molecule is CCC1CN(C(=O)c2cccc(Cl)c2)c2cc(C)c(C)cc2N1C(=O)O. The summed E-state index contributed by atoms with van der Waals surface area (Å²) in [5, 5.41) is 10.2. The first kappa shape index (κ1) is 18.3. The number of hydrogen-bond acceptors (Lipinski definition) is 2. The molecule has 2 aromatic carbocycles. The number of carboxylic acid groups (broad SMARTS) is 1. The number of benzene rings is 2. The molecule has 6 heteroatoms. The van der Waals surface area contributed by atoms with Gasteiger partial charge < -0.3 is 10.0 Å². The normalized spacial score (nSPS) is 16.4. The van der Waals surface area contributed by atoms with E-state index in [2.05, 4.69) is 0 Å². The van der Waals surface area contributed by atoms with Crippen molar-refractivity contribution in [3.8, 4) is 0 Å². The van der Waals surface area contributed by atoms with E-state index in [4.69, 9.17) is 11.6 Å². The Kier molecular flexibility index (Phi) is 4.92. The molecule has 26 heavy (non-hydrogen) atoms. The van der Waals surface area contributed by atoms with Gasteiger partial charge in [-0.05, 0) is 61.7 Å². The molecule has 136 valence electrons. The monoisotopic (exact) mass is 372 g/mol. The highest BCUT2D eigenvalue weighted by Crippen LogP contribution is 2.39. The van der Waals surface area contributed by atoms with Crippen LogP contribution in [0.4, 0.5) is 16.2 Å². The molecule has 0 fully saturated rings. The largest absolute Gasteiger partial charge is 0.465 e. The molecule has 0 aromatic heterocycles. The Balaban J connectivity index is 2.15. The van der Waals surface area contributed by atoms with Crippen molar-refractivity contribution in [3.63, 3.8) is 0 Å². The second-order valence-corrected chi connectivity index (χ2v) is 7.00. The number of halogens is 1. The lowest BCUT2D eigenvalue weighted by molar-refractivity contribution is 0.0982. The molecule has 3 rings (SSSR count). The highest BCUT2D eigenvalue weighted by Gasteiger charge is 2.36. The highest BCUT2D eigenvalue weighted by molar-refractivity contribution is 6.31. The van der Waals surface area contributed by atoms with Gasteiger partial charge >= 0.3 is 6.09 Å². The van der Waals surface area contributed by atoms with Crippen LogP contribution in [0.3, 0.4) is 0 Å². The first-order valence-electron chi connectivity index (χ1n) is 8.54. The first-order chi connectivity index (χ1) is 12.3. The summed E-state index contributed by atoms with van der Waals surface area (Å²) in [4.78, 5) is 28.1. The van der Waals surface area contributed by atoms with E-state index < -0.39 is 6.09 Å². The summed E-state index contributed by atoms with van der Waals surface area (Å²) in [5.74, 6) is -0.180. The Bertz CT molecular complexity index is 881. The van der Waals surface area contributed by atoms with Crippen molar-refractivity contribution >= 4 is 35.0 Å². The Morgan fingerprint density at radius 3 is 2.38 bits per heavy atom. The zero-order valence-electron chi connectivity index (χ0n) is 15.0. The fourth-order valence-electron chi connectivity index (χ4n) is 3.32. The number of fused-ring (bicyclic) bond motifs is 1. The molecule has 0 aliphatic carbocycles. The topological polar surface area (TPSA) is 60.9 Å². The van der Waals surface area contributed by atoms with Crippen molar-refractivity contribution in [2.45, 2.75) is 33.2 Å². The van der Waals surface area contributed by atoms with Crippen LogP contribution < -0.4 is 9.80 Å². The maximum Gasteiger partial charge on any atom is 0.412 e.